The molecule has 0 fully saturated rings. The third-order valence-corrected chi connectivity index (χ3v) is 3.68. The van der Waals surface area contributed by atoms with Gasteiger partial charge in [-0.1, -0.05) is 48.5 Å². The van der Waals surface area contributed by atoms with E-state index in [1.54, 1.807) is 10.8 Å². The molecule has 22 heavy (non-hydrogen) atoms. The summed E-state index contributed by atoms with van der Waals surface area (Å²) in [7, 11) is 0. The molecule has 0 aliphatic rings. The van der Waals surface area contributed by atoms with Crippen molar-refractivity contribution in [2.75, 3.05) is 0 Å². The molecule has 0 bridgehead atoms. The molecular weight excluding hydrogens is 276 g/mol. The van der Waals surface area contributed by atoms with E-state index in [1.165, 1.54) is 0 Å². The second-order valence-electron chi connectivity index (χ2n) is 5.12. The number of benzene rings is 2. The molecular formula is C17H14N4O. The molecule has 1 atom stereocenters. The Balaban J connectivity index is 1.83. The highest BCUT2D eigenvalue weighted by atomic mass is 16.5. The van der Waals surface area contributed by atoms with Crippen LogP contribution in [0.3, 0.4) is 0 Å². The maximum absolute atomic E-state index is 6.10. The lowest BCUT2D eigenvalue weighted by atomic mass is 10.1. The molecule has 0 saturated heterocycles. The molecule has 4 aromatic rings. The third-order valence-electron chi connectivity index (χ3n) is 3.68. The van der Waals surface area contributed by atoms with Gasteiger partial charge in [0.1, 0.15) is 12.4 Å². The lowest BCUT2D eigenvalue weighted by molar-refractivity contribution is 0.217. The highest BCUT2D eigenvalue weighted by molar-refractivity contribution is 5.96. The van der Waals surface area contributed by atoms with Gasteiger partial charge < -0.3 is 4.74 Å². The molecule has 0 amide bonds. The summed E-state index contributed by atoms with van der Waals surface area (Å²) < 4.78 is 7.75. The first kappa shape index (κ1) is 12.8. The predicted octanol–water partition coefficient (Wildman–Crippen LogP) is 3.42. The molecule has 0 spiro atoms. The Kier molecular flexibility index (Phi) is 2.96. The standard InChI is InChI=1S/C17H14N4O/c1-12(13-7-3-2-4-8-13)22-17-15-10-6-5-9-14(15)16-19-18-11-21(16)20-17/h2-12H,1H3. The van der Waals surface area contributed by atoms with Gasteiger partial charge in [0.05, 0.1) is 0 Å². The van der Waals surface area contributed by atoms with Crippen molar-refractivity contribution in [1.29, 1.82) is 0 Å². The highest BCUT2D eigenvalue weighted by Crippen LogP contribution is 2.29. The Morgan fingerprint density at radius 2 is 1.68 bits per heavy atom. The molecule has 108 valence electrons. The third kappa shape index (κ3) is 2.07. The molecule has 5 heteroatoms. The Hall–Kier alpha value is -2.95. The fraction of sp³-hybridized carbons (Fsp3) is 0.118. The van der Waals surface area contributed by atoms with Crippen molar-refractivity contribution in [3.63, 3.8) is 0 Å². The molecule has 0 radical (unpaired) electrons. The zero-order valence-electron chi connectivity index (χ0n) is 12.0. The summed E-state index contributed by atoms with van der Waals surface area (Å²) in [5.74, 6) is 0.583. The van der Waals surface area contributed by atoms with Gasteiger partial charge in [-0.05, 0) is 18.6 Å². The molecule has 0 aliphatic carbocycles. The first-order valence-corrected chi connectivity index (χ1v) is 7.13. The Morgan fingerprint density at radius 1 is 0.955 bits per heavy atom. The normalized spacial score (nSPS) is 12.6. The monoisotopic (exact) mass is 290 g/mol. The lowest BCUT2D eigenvalue weighted by Crippen LogP contribution is -2.06. The van der Waals surface area contributed by atoms with Crippen LogP contribution in [0.4, 0.5) is 0 Å². The van der Waals surface area contributed by atoms with E-state index in [1.807, 2.05) is 61.5 Å². The van der Waals surface area contributed by atoms with Crippen LogP contribution in [0.25, 0.3) is 16.4 Å². The van der Waals surface area contributed by atoms with Crippen LogP contribution < -0.4 is 4.74 Å². The molecule has 5 nitrogen and oxygen atoms in total. The summed E-state index contributed by atoms with van der Waals surface area (Å²) in [5.41, 5.74) is 1.84. The minimum atomic E-state index is -0.0916. The predicted molar refractivity (Wildman–Crippen MR) is 83.8 cm³/mol. The first-order valence-electron chi connectivity index (χ1n) is 7.13. The Labute approximate surface area is 127 Å². The van der Waals surface area contributed by atoms with E-state index in [-0.39, 0.29) is 6.10 Å². The zero-order chi connectivity index (χ0) is 14.9. The second-order valence-corrected chi connectivity index (χ2v) is 5.12. The smallest absolute Gasteiger partial charge is 0.240 e. The van der Waals surface area contributed by atoms with Crippen LogP contribution in [0.15, 0.2) is 60.9 Å². The van der Waals surface area contributed by atoms with E-state index in [0.29, 0.717) is 5.88 Å². The van der Waals surface area contributed by atoms with Gasteiger partial charge in [-0.25, -0.2) is 0 Å². The fourth-order valence-corrected chi connectivity index (χ4v) is 2.54. The second kappa shape index (κ2) is 5.11. The summed E-state index contributed by atoms with van der Waals surface area (Å²) in [6.45, 7) is 2.02. The van der Waals surface area contributed by atoms with Gasteiger partial charge in [-0.15, -0.1) is 15.3 Å². The number of hydrogen-bond acceptors (Lipinski definition) is 4. The summed E-state index contributed by atoms with van der Waals surface area (Å²) in [6.07, 6.45) is 1.49. The van der Waals surface area contributed by atoms with Gasteiger partial charge in [0, 0.05) is 10.8 Å². The number of hydrogen-bond donors (Lipinski definition) is 0. The quantitative estimate of drug-likeness (QED) is 0.580. The van der Waals surface area contributed by atoms with Gasteiger partial charge in [0.2, 0.25) is 5.88 Å². The topological polar surface area (TPSA) is 52.3 Å². The van der Waals surface area contributed by atoms with Crippen LogP contribution >= 0.6 is 0 Å². The van der Waals surface area contributed by atoms with Crippen molar-refractivity contribution in [2.24, 2.45) is 0 Å². The minimum absolute atomic E-state index is 0.0916. The van der Waals surface area contributed by atoms with Crippen LogP contribution in [-0.4, -0.2) is 19.8 Å². The average molecular weight is 290 g/mol. The van der Waals surface area contributed by atoms with Crippen molar-refractivity contribution in [3.8, 4) is 5.88 Å². The molecule has 0 N–H and O–H groups in total. The SMILES string of the molecule is CC(Oc1nn2cnnc2c2ccccc12)c1ccccc1. The number of ether oxygens (including phenoxy) is 1. The van der Waals surface area contributed by atoms with Gasteiger partial charge in [-0.3, -0.25) is 0 Å². The number of fused-ring (bicyclic) bond motifs is 3. The van der Waals surface area contributed by atoms with Gasteiger partial charge in [0.15, 0.2) is 5.65 Å². The zero-order valence-corrected chi connectivity index (χ0v) is 12.0. The number of nitrogens with zero attached hydrogens (tertiary/aromatic N) is 4. The van der Waals surface area contributed by atoms with Crippen LogP contribution in [-0.2, 0) is 0 Å². The van der Waals surface area contributed by atoms with E-state index in [9.17, 15) is 0 Å². The lowest BCUT2D eigenvalue weighted by Gasteiger charge is -2.15. The van der Waals surface area contributed by atoms with Crippen LogP contribution in [0, 0.1) is 0 Å². The molecule has 0 saturated carbocycles. The summed E-state index contributed by atoms with van der Waals surface area (Å²) in [4.78, 5) is 0. The van der Waals surface area contributed by atoms with Crippen LogP contribution in [0.5, 0.6) is 5.88 Å². The van der Waals surface area contributed by atoms with E-state index in [2.05, 4.69) is 15.3 Å². The highest BCUT2D eigenvalue weighted by Gasteiger charge is 2.14. The molecule has 2 heterocycles. The number of rotatable bonds is 3. The summed E-state index contributed by atoms with van der Waals surface area (Å²) >= 11 is 0. The molecule has 0 aliphatic heterocycles. The van der Waals surface area contributed by atoms with E-state index in [0.717, 1.165) is 22.0 Å². The van der Waals surface area contributed by atoms with Crippen molar-refractivity contribution in [1.82, 2.24) is 19.8 Å². The Bertz CT molecular complexity index is 933. The fourth-order valence-electron chi connectivity index (χ4n) is 2.54. The van der Waals surface area contributed by atoms with Gasteiger partial charge in [-0.2, -0.15) is 4.52 Å². The largest absolute Gasteiger partial charge is 0.468 e. The van der Waals surface area contributed by atoms with E-state index < -0.39 is 0 Å². The molecule has 1 unspecified atom stereocenters. The van der Waals surface area contributed by atoms with Crippen molar-refractivity contribution in [3.05, 3.63) is 66.5 Å². The summed E-state index contributed by atoms with van der Waals surface area (Å²) in [5, 5.41) is 14.5. The maximum atomic E-state index is 6.10. The summed E-state index contributed by atoms with van der Waals surface area (Å²) in [6, 6.07) is 18.0. The molecule has 2 aromatic carbocycles. The maximum Gasteiger partial charge on any atom is 0.240 e. The van der Waals surface area contributed by atoms with Crippen molar-refractivity contribution < 1.29 is 4.74 Å². The van der Waals surface area contributed by atoms with Crippen LogP contribution in [0.2, 0.25) is 0 Å². The van der Waals surface area contributed by atoms with Crippen molar-refractivity contribution in [2.45, 2.75) is 13.0 Å². The van der Waals surface area contributed by atoms with Gasteiger partial charge in [0.25, 0.3) is 0 Å². The van der Waals surface area contributed by atoms with E-state index >= 15 is 0 Å². The number of aromatic nitrogens is 4. The van der Waals surface area contributed by atoms with Crippen molar-refractivity contribution >= 4 is 16.4 Å². The first-order chi connectivity index (χ1) is 10.8. The minimum Gasteiger partial charge on any atom is -0.468 e. The molecule has 4 rings (SSSR count). The van der Waals surface area contributed by atoms with Gasteiger partial charge >= 0.3 is 0 Å². The average Bonchev–Trinajstić information content (AvgIpc) is 3.04. The molecule has 2 aromatic heterocycles. The van der Waals surface area contributed by atoms with E-state index in [4.69, 9.17) is 4.74 Å². The Morgan fingerprint density at radius 3 is 2.50 bits per heavy atom. The van der Waals surface area contributed by atoms with Crippen LogP contribution in [0.1, 0.15) is 18.6 Å².